The number of benzene rings is 2. The number of hydrogen-bond donors (Lipinski definition) is 1. The summed E-state index contributed by atoms with van der Waals surface area (Å²) in [6.45, 7) is 4.30. The van der Waals surface area contributed by atoms with Crippen molar-refractivity contribution in [2.24, 2.45) is 0 Å². The van der Waals surface area contributed by atoms with E-state index in [1.54, 1.807) is 25.3 Å². The van der Waals surface area contributed by atoms with E-state index >= 15 is 0 Å². The van der Waals surface area contributed by atoms with Crippen LogP contribution in [-0.4, -0.2) is 24.5 Å². The van der Waals surface area contributed by atoms with Crippen molar-refractivity contribution in [2.45, 2.75) is 13.8 Å². The molecule has 2 aromatic carbocycles. The van der Waals surface area contributed by atoms with E-state index in [0.29, 0.717) is 32.9 Å². The Morgan fingerprint density at radius 3 is 2.68 bits per heavy atom. The standard InChI is InChI=1S/C22H21NO4S/c1-4-27-19-11-15(9-10-18(19)26-3)12-20-22(25)23-21(28-20)13-17(24)16-8-6-5-7-14(16)2/h5-13H,4H2,1-3H3,(H,23,25)/b20-12-,21-13-. The molecule has 0 amide bonds. The number of hydrogen-bond acceptors (Lipinski definition) is 5. The lowest BCUT2D eigenvalue weighted by Crippen LogP contribution is -2.20. The number of methoxy groups -OCH3 is 1. The lowest BCUT2D eigenvalue weighted by molar-refractivity contribution is 0.106. The highest BCUT2D eigenvalue weighted by Crippen LogP contribution is 2.28. The van der Waals surface area contributed by atoms with Crippen LogP contribution in [0.5, 0.6) is 11.5 Å². The van der Waals surface area contributed by atoms with Crippen LogP contribution in [0.25, 0.3) is 12.2 Å². The number of Topliss-reactive ketones (excluding diaryl/α,β-unsaturated/α-hetero) is 1. The SMILES string of the molecule is CCOc1cc(/C=c2\s/c(=C\C(=O)c3ccccc3C)[nH]c2=O)ccc1OC. The Bertz CT molecular complexity index is 1170. The van der Waals surface area contributed by atoms with Crippen molar-refractivity contribution in [1.29, 1.82) is 0 Å². The molecule has 0 radical (unpaired) electrons. The highest BCUT2D eigenvalue weighted by Gasteiger charge is 2.07. The summed E-state index contributed by atoms with van der Waals surface area (Å²) >= 11 is 1.24. The van der Waals surface area contributed by atoms with E-state index in [0.717, 1.165) is 11.1 Å². The molecule has 1 aromatic heterocycles. The van der Waals surface area contributed by atoms with Gasteiger partial charge in [-0.2, -0.15) is 0 Å². The summed E-state index contributed by atoms with van der Waals surface area (Å²) in [5, 5.41) is 0. The molecular weight excluding hydrogens is 374 g/mol. The molecule has 5 nitrogen and oxygen atoms in total. The Labute approximate surface area is 166 Å². The van der Waals surface area contributed by atoms with Crippen LogP contribution in [0.3, 0.4) is 0 Å². The number of carbonyl (C=O) groups is 1. The number of carbonyl (C=O) groups excluding carboxylic acids is 1. The zero-order valence-electron chi connectivity index (χ0n) is 15.9. The van der Waals surface area contributed by atoms with Gasteiger partial charge in [-0.1, -0.05) is 30.3 Å². The van der Waals surface area contributed by atoms with Crippen molar-refractivity contribution in [3.63, 3.8) is 0 Å². The molecule has 0 atom stereocenters. The van der Waals surface area contributed by atoms with Crippen molar-refractivity contribution < 1.29 is 14.3 Å². The molecule has 3 rings (SSSR count). The third kappa shape index (κ3) is 4.40. The minimum atomic E-state index is -0.234. The maximum atomic E-state index is 12.5. The first-order valence-corrected chi connectivity index (χ1v) is 9.67. The topological polar surface area (TPSA) is 68.4 Å². The number of rotatable bonds is 6. The van der Waals surface area contributed by atoms with Crippen LogP contribution >= 0.6 is 11.3 Å². The summed E-state index contributed by atoms with van der Waals surface area (Å²) in [6.07, 6.45) is 3.23. The van der Waals surface area contributed by atoms with Gasteiger partial charge in [0, 0.05) is 11.6 Å². The van der Waals surface area contributed by atoms with Gasteiger partial charge in [0.2, 0.25) is 0 Å². The van der Waals surface area contributed by atoms with E-state index in [1.165, 1.54) is 17.4 Å². The van der Waals surface area contributed by atoms with Crippen LogP contribution in [0.15, 0.2) is 47.3 Å². The fourth-order valence-electron chi connectivity index (χ4n) is 2.77. The molecule has 0 spiro atoms. The number of ketones is 1. The molecule has 0 saturated heterocycles. The van der Waals surface area contributed by atoms with E-state index in [-0.39, 0.29) is 11.3 Å². The van der Waals surface area contributed by atoms with Gasteiger partial charge < -0.3 is 14.5 Å². The van der Waals surface area contributed by atoms with E-state index in [9.17, 15) is 9.59 Å². The van der Waals surface area contributed by atoms with Gasteiger partial charge in [-0.25, -0.2) is 0 Å². The molecule has 1 N–H and O–H groups in total. The van der Waals surface area contributed by atoms with Crippen molar-refractivity contribution in [2.75, 3.05) is 13.7 Å². The Kier molecular flexibility index (Phi) is 6.11. The van der Waals surface area contributed by atoms with Gasteiger partial charge in [0.05, 0.1) is 22.9 Å². The molecular formula is C22H21NO4S. The molecule has 0 aliphatic rings. The average Bonchev–Trinajstić information content (AvgIpc) is 3.01. The maximum Gasteiger partial charge on any atom is 0.266 e. The Morgan fingerprint density at radius 2 is 1.96 bits per heavy atom. The van der Waals surface area contributed by atoms with E-state index in [4.69, 9.17) is 9.47 Å². The largest absolute Gasteiger partial charge is 0.493 e. The Hall–Kier alpha value is -3.12. The summed E-state index contributed by atoms with van der Waals surface area (Å²) in [5.41, 5.74) is 2.10. The van der Waals surface area contributed by atoms with E-state index in [1.807, 2.05) is 44.2 Å². The number of nitrogens with one attached hydrogen (secondary N) is 1. The van der Waals surface area contributed by atoms with Crippen molar-refractivity contribution in [3.05, 3.63) is 78.7 Å². The predicted molar refractivity (Wildman–Crippen MR) is 112 cm³/mol. The monoisotopic (exact) mass is 395 g/mol. The van der Waals surface area contributed by atoms with Crippen LogP contribution in [-0.2, 0) is 0 Å². The van der Waals surface area contributed by atoms with E-state index < -0.39 is 0 Å². The molecule has 1 heterocycles. The fourth-order valence-corrected chi connectivity index (χ4v) is 3.66. The van der Waals surface area contributed by atoms with Crippen LogP contribution in [0.2, 0.25) is 0 Å². The molecule has 0 bridgehead atoms. The second kappa shape index (κ2) is 8.71. The second-order valence-corrected chi connectivity index (χ2v) is 7.18. The van der Waals surface area contributed by atoms with Crippen LogP contribution in [0.4, 0.5) is 0 Å². The number of aryl methyl sites for hydroxylation is 1. The summed E-state index contributed by atoms with van der Waals surface area (Å²) in [5.74, 6) is 1.12. The number of thiazole rings is 1. The Morgan fingerprint density at radius 1 is 1.18 bits per heavy atom. The number of aromatic amines is 1. The third-order valence-corrected chi connectivity index (χ3v) is 5.10. The molecule has 0 aliphatic carbocycles. The second-order valence-electron chi connectivity index (χ2n) is 6.10. The summed E-state index contributed by atoms with van der Waals surface area (Å²) in [6, 6.07) is 12.8. The molecule has 28 heavy (non-hydrogen) atoms. The Balaban J connectivity index is 1.98. The summed E-state index contributed by atoms with van der Waals surface area (Å²) < 4.78 is 11.9. The van der Waals surface area contributed by atoms with Gasteiger partial charge in [-0.15, -0.1) is 11.3 Å². The fraction of sp³-hybridized carbons (Fsp3) is 0.182. The van der Waals surface area contributed by atoms with Gasteiger partial charge in [0.1, 0.15) is 0 Å². The maximum absolute atomic E-state index is 12.5. The van der Waals surface area contributed by atoms with Gasteiger partial charge in [-0.05, 0) is 43.2 Å². The quantitative estimate of drug-likeness (QED) is 0.652. The van der Waals surface area contributed by atoms with E-state index in [2.05, 4.69) is 4.98 Å². The number of H-pyrrole nitrogens is 1. The van der Waals surface area contributed by atoms with Crippen LogP contribution < -0.4 is 24.2 Å². The van der Waals surface area contributed by atoms with Gasteiger partial charge in [-0.3, -0.25) is 9.59 Å². The molecule has 0 aliphatic heterocycles. The third-order valence-electron chi connectivity index (χ3n) is 4.14. The van der Waals surface area contributed by atoms with Crippen molar-refractivity contribution in [1.82, 2.24) is 4.98 Å². The van der Waals surface area contributed by atoms with Gasteiger partial charge >= 0.3 is 0 Å². The molecule has 6 heteroatoms. The molecule has 3 aromatic rings. The zero-order valence-corrected chi connectivity index (χ0v) is 16.8. The first-order valence-electron chi connectivity index (χ1n) is 8.85. The first-order chi connectivity index (χ1) is 13.5. The van der Waals surface area contributed by atoms with Crippen molar-refractivity contribution in [3.8, 4) is 11.5 Å². The van der Waals surface area contributed by atoms with Crippen LogP contribution in [0.1, 0.15) is 28.4 Å². The highest BCUT2D eigenvalue weighted by molar-refractivity contribution is 7.07. The van der Waals surface area contributed by atoms with Gasteiger partial charge in [0.25, 0.3) is 5.56 Å². The average molecular weight is 395 g/mol. The predicted octanol–water partition coefficient (Wildman–Crippen LogP) is 2.64. The lowest BCUT2D eigenvalue weighted by atomic mass is 10.1. The van der Waals surface area contributed by atoms with Crippen molar-refractivity contribution >= 4 is 29.3 Å². The highest BCUT2D eigenvalue weighted by atomic mass is 32.1. The number of aromatic nitrogens is 1. The van der Waals surface area contributed by atoms with Crippen LogP contribution in [0, 0.1) is 6.92 Å². The lowest BCUT2D eigenvalue weighted by Gasteiger charge is -2.09. The molecule has 0 saturated carbocycles. The summed E-state index contributed by atoms with van der Waals surface area (Å²) in [7, 11) is 1.58. The minimum absolute atomic E-state index is 0.134. The normalized spacial score (nSPS) is 12.2. The molecule has 0 fully saturated rings. The molecule has 144 valence electrons. The minimum Gasteiger partial charge on any atom is -0.493 e. The molecule has 0 unspecified atom stereocenters. The smallest absolute Gasteiger partial charge is 0.266 e. The first kappa shape index (κ1) is 19.6. The zero-order chi connectivity index (χ0) is 20.1. The summed E-state index contributed by atoms with van der Waals surface area (Å²) in [4.78, 5) is 27.5. The van der Waals surface area contributed by atoms with Gasteiger partial charge in [0.15, 0.2) is 17.3 Å². The number of ether oxygens (including phenoxy) is 2.